The zero-order valence-corrected chi connectivity index (χ0v) is 21.0. The molecule has 170 valence electrons. The summed E-state index contributed by atoms with van der Waals surface area (Å²) in [7, 11) is 1.78. The number of benzene rings is 1. The molecule has 2 N–H and O–H groups in total. The predicted octanol–water partition coefficient (Wildman–Crippen LogP) is 2.73. The molecule has 1 unspecified atom stereocenters. The molecule has 2 aliphatic heterocycles. The smallest absolute Gasteiger partial charge is 0.191 e. The summed E-state index contributed by atoms with van der Waals surface area (Å²) in [6.07, 6.45) is 2.50. The van der Waals surface area contributed by atoms with Gasteiger partial charge in [0.2, 0.25) is 0 Å². The molecule has 0 amide bonds. The highest BCUT2D eigenvalue weighted by molar-refractivity contribution is 14.0. The highest BCUT2D eigenvalue weighted by Crippen LogP contribution is 2.22. The summed E-state index contributed by atoms with van der Waals surface area (Å²) in [4.78, 5) is 11.4. The van der Waals surface area contributed by atoms with Gasteiger partial charge in [0.25, 0.3) is 0 Å². The van der Waals surface area contributed by atoms with Crippen molar-refractivity contribution in [1.82, 2.24) is 20.4 Å². The molecular formula is C22H38FIN6. The normalized spacial score (nSPS) is 20.9. The molecule has 1 atom stereocenters. The second kappa shape index (κ2) is 12.7. The Morgan fingerprint density at radius 1 is 1.10 bits per heavy atom. The van der Waals surface area contributed by atoms with Crippen LogP contribution < -0.4 is 15.5 Å². The molecule has 0 saturated carbocycles. The summed E-state index contributed by atoms with van der Waals surface area (Å²) >= 11 is 0. The number of rotatable bonds is 7. The molecule has 0 aliphatic carbocycles. The number of anilines is 1. The standard InChI is InChI=1S/C22H37FN6.HI/c1-4-27-11-13-29(14-12-27)21-9-8-18(15-20(21)23)16-25-22(24-3)26-17-19-7-6-10-28(19)5-2;/h8-9,15,19H,4-7,10-14,16-17H2,1-3H3,(H2,24,25,26);1H. The molecule has 0 bridgehead atoms. The lowest BCUT2D eigenvalue weighted by molar-refractivity contribution is 0.267. The lowest BCUT2D eigenvalue weighted by Gasteiger charge is -2.35. The minimum Gasteiger partial charge on any atom is -0.367 e. The van der Waals surface area contributed by atoms with Gasteiger partial charge in [-0.15, -0.1) is 24.0 Å². The number of nitrogens with zero attached hydrogens (tertiary/aromatic N) is 4. The summed E-state index contributed by atoms with van der Waals surface area (Å²) < 4.78 is 14.7. The first-order chi connectivity index (χ1) is 14.1. The molecule has 2 aliphatic rings. The summed E-state index contributed by atoms with van der Waals surface area (Å²) in [5, 5.41) is 6.74. The van der Waals surface area contributed by atoms with E-state index in [0.29, 0.717) is 18.3 Å². The van der Waals surface area contributed by atoms with Crippen LogP contribution in [0.5, 0.6) is 0 Å². The van der Waals surface area contributed by atoms with Crippen molar-refractivity contribution in [2.45, 2.75) is 39.3 Å². The molecule has 0 radical (unpaired) electrons. The molecule has 3 rings (SSSR count). The van der Waals surface area contributed by atoms with Crippen LogP contribution in [0.25, 0.3) is 0 Å². The van der Waals surface area contributed by atoms with Crippen molar-refractivity contribution in [3.63, 3.8) is 0 Å². The van der Waals surface area contributed by atoms with Crippen LogP contribution in [-0.2, 0) is 6.54 Å². The van der Waals surface area contributed by atoms with Gasteiger partial charge in [0.1, 0.15) is 5.82 Å². The Hall–Kier alpha value is -1.13. The summed E-state index contributed by atoms with van der Waals surface area (Å²) in [5.41, 5.74) is 1.64. The van der Waals surface area contributed by atoms with Crippen LogP contribution in [-0.4, -0.2) is 81.2 Å². The zero-order valence-electron chi connectivity index (χ0n) is 18.7. The van der Waals surface area contributed by atoms with Gasteiger partial charge in [0.05, 0.1) is 5.69 Å². The Morgan fingerprint density at radius 3 is 2.50 bits per heavy atom. The fourth-order valence-corrected chi connectivity index (χ4v) is 4.39. The number of piperazine rings is 1. The van der Waals surface area contributed by atoms with E-state index in [2.05, 4.69) is 44.2 Å². The number of aliphatic imine (C=N–C) groups is 1. The molecule has 1 aromatic rings. The maximum atomic E-state index is 14.7. The molecule has 2 fully saturated rings. The van der Waals surface area contributed by atoms with E-state index in [1.807, 2.05) is 12.1 Å². The molecule has 1 aromatic carbocycles. The average molecular weight is 532 g/mol. The van der Waals surface area contributed by atoms with Crippen molar-refractivity contribution in [2.24, 2.45) is 4.99 Å². The number of likely N-dealkylation sites (tertiary alicyclic amines) is 1. The Labute approximate surface area is 198 Å². The Bertz CT molecular complexity index is 678. The minimum atomic E-state index is -0.137. The fourth-order valence-electron chi connectivity index (χ4n) is 4.39. The van der Waals surface area contributed by atoms with Crippen molar-refractivity contribution in [2.75, 3.05) is 64.3 Å². The Kier molecular flexibility index (Phi) is 10.6. The predicted molar refractivity (Wildman–Crippen MR) is 135 cm³/mol. The molecule has 0 aromatic heterocycles. The molecule has 2 saturated heterocycles. The monoisotopic (exact) mass is 532 g/mol. The maximum absolute atomic E-state index is 14.7. The van der Waals surface area contributed by atoms with Gasteiger partial charge in [-0.25, -0.2) is 4.39 Å². The fraction of sp³-hybridized carbons (Fsp3) is 0.682. The molecule has 2 heterocycles. The number of guanidine groups is 1. The first-order valence-corrected chi connectivity index (χ1v) is 11.1. The quantitative estimate of drug-likeness (QED) is 0.322. The van der Waals surface area contributed by atoms with E-state index in [1.165, 1.54) is 19.4 Å². The van der Waals surface area contributed by atoms with Gasteiger partial charge in [-0.2, -0.15) is 0 Å². The third-order valence-corrected chi connectivity index (χ3v) is 6.27. The van der Waals surface area contributed by atoms with Crippen LogP contribution in [0, 0.1) is 5.82 Å². The van der Waals surface area contributed by atoms with Gasteiger partial charge < -0.3 is 20.4 Å². The van der Waals surface area contributed by atoms with Crippen molar-refractivity contribution < 1.29 is 4.39 Å². The Balaban J connectivity index is 0.00000320. The number of likely N-dealkylation sites (N-methyl/N-ethyl adjacent to an activating group) is 2. The first-order valence-electron chi connectivity index (χ1n) is 11.1. The number of hydrogen-bond acceptors (Lipinski definition) is 4. The number of halogens is 2. The topological polar surface area (TPSA) is 46.1 Å². The lowest BCUT2D eigenvalue weighted by Crippen LogP contribution is -2.46. The van der Waals surface area contributed by atoms with Crippen molar-refractivity contribution in [1.29, 1.82) is 0 Å². The molecule has 6 nitrogen and oxygen atoms in total. The second-order valence-electron chi connectivity index (χ2n) is 7.94. The highest BCUT2D eigenvalue weighted by atomic mass is 127. The van der Waals surface area contributed by atoms with Crippen LogP contribution in [0.2, 0.25) is 0 Å². The van der Waals surface area contributed by atoms with Gasteiger partial charge in [-0.05, 0) is 50.2 Å². The molecule has 30 heavy (non-hydrogen) atoms. The number of hydrogen-bond donors (Lipinski definition) is 2. The van der Waals surface area contributed by atoms with E-state index >= 15 is 0 Å². The third kappa shape index (κ3) is 6.68. The lowest BCUT2D eigenvalue weighted by atomic mass is 10.1. The van der Waals surface area contributed by atoms with Crippen LogP contribution >= 0.6 is 24.0 Å². The number of nitrogens with one attached hydrogen (secondary N) is 2. The van der Waals surface area contributed by atoms with Gasteiger partial charge in [-0.1, -0.05) is 19.9 Å². The third-order valence-electron chi connectivity index (χ3n) is 6.27. The van der Waals surface area contributed by atoms with Gasteiger partial charge in [0.15, 0.2) is 5.96 Å². The summed E-state index contributed by atoms with van der Waals surface area (Å²) in [5.74, 6) is 0.634. The van der Waals surface area contributed by atoms with E-state index in [4.69, 9.17) is 0 Å². The van der Waals surface area contributed by atoms with E-state index in [1.54, 1.807) is 13.1 Å². The van der Waals surface area contributed by atoms with Gasteiger partial charge in [0, 0.05) is 52.4 Å². The zero-order chi connectivity index (χ0) is 20.6. The van der Waals surface area contributed by atoms with Crippen LogP contribution in [0.4, 0.5) is 10.1 Å². The van der Waals surface area contributed by atoms with E-state index < -0.39 is 0 Å². The van der Waals surface area contributed by atoms with Gasteiger partial charge >= 0.3 is 0 Å². The van der Waals surface area contributed by atoms with E-state index in [9.17, 15) is 4.39 Å². The Morgan fingerprint density at radius 2 is 1.87 bits per heavy atom. The first kappa shape index (κ1) is 25.1. The van der Waals surface area contributed by atoms with Crippen LogP contribution in [0.3, 0.4) is 0 Å². The summed E-state index contributed by atoms with van der Waals surface area (Å²) in [6, 6.07) is 6.16. The average Bonchev–Trinajstić information content (AvgIpc) is 3.22. The van der Waals surface area contributed by atoms with Crippen molar-refractivity contribution >= 4 is 35.6 Å². The van der Waals surface area contributed by atoms with Crippen molar-refractivity contribution in [3.05, 3.63) is 29.6 Å². The van der Waals surface area contributed by atoms with Crippen molar-refractivity contribution in [3.8, 4) is 0 Å². The molecular weight excluding hydrogens is 494 g/mol. The molecule has 0 spiro atoms. The SMILES string of the molecule is CCN1CCN(c2ccc(CNC(=NC)NCC3CCCN3CC)cc2F)CC1.I. The molecule has 8 heteroatoms. The maximum Gasteiger partial charge on any atom is 0.191 e. The largest absolute Gasteiger partial charge is 0.367 e. The second-order valence-corrected chi connectivity index (χ2v) is 7.94. The highest BCUT2D eigenvalue weighted by Gasteiger charge is 2.23. The van der Waals surface area contributed by atoms with E-state index in [-0.39, 0.29) is 29.8 Å². The van der Waals surface area contributed by atoms with E-state index in [0.717, 1.165) is 57.3 Å². The summed E-state index contributed by atoms with van der Waals surface area (Å²) in [6.45, 7) is 13.0. The van der Waals surface area contributed by atoms with Crippen LogP contribution in [0.1, 0.15) is 32.3 Å². The minimum absolute atomic E-state index is 0. The van der Waals surface area contributed by atoms with Gasteiger partial charge in [-0.3, -0.25) is 9.89 Å². The van der Waals surface area contributed by atoms with Crippen LogP contribution in [0.15, 0.2) is 23.2 Å².